The zero-order valence-corrected chi connectivity index (χ0v) is 69.6. The van der Waals surface area contributed by atoms with Crippen LogP contribution in [0.25, 0.3) is 22.5 Å². The van der Waals surface area contributed by atoms with Crippen LogP contribution in [0.3, 0.4) is 0 Å². The smallest absolute Gasteiger partial charge is 0.870 e. The molecule has 0 aliphatic heterocycles. The maximum Gasteiger partial charge on any atom is 1.00 e. The number of carboxylic acids is 1. The third-order valence-electron chi connectivity index (χ3n) is 22.4. The molecule has 3 unspecified atom stereocenters. The van der Waals surface area contributed by atoms with E-state index in [1.807, 2.05) is 22.6 Å². The van der Waals surface area contributed by atoms with Crippen molar-refractivity contribution in [1.29, 1.82) is 0 Å². The van der Waals surface area contributed by atoms with E-state index in [2.05, 4.69) is 29.9 Å². The number of benzene rings is 6. The van der Waals surface area contributed by atoms with Crippen molar-refractivity contribution in [2.45, 2.75) is 156 Å². The number of hydrogen-bond acceptors (Lipinski definition) is 18. The molecule has 3 atom stereocenters. The summed E-state index contributed by atoms with van der Waals surface area (Å²) in [5, 5.41) is 63.7. The predicted molar refractivity (Wildman–Crippen MR) is 422 cm³/mol. The van der Waals surface area contributed by atoms with Crippen LogP contribution < -0.4 is 24.3 Å². The molecule has 0 bridgehead atoms. The number of aromatic nitrogens is 8. The molecule has 23 nitrogen and oxygen atoms in total. The van der Waals surface area contributed by atoms with Gasteiger partial charge in [0.1, 0.15) is 21.2 Å². The van der Waals surface area contributed by atoms with Crippen molar-refractivity contribution < 1.29 is 145 Å². The van der Waals surface area contributed by atoms with Crippen LogP contribution in [0.5, 0.6) is 0 Å². The van der Waals surface area contributed by atoms with Crippen molar-refractivity contribution in [3.05, 3.63) is 247 Å². The number of alkyl halides is 9. The number of carbonyl (C=O) groups is 6. The van der Waals surface area contributed by atoms with Gasteiger partial charge in [0.25, 0.3) is 17.7 Å². The van der Waals surface area contributed by atoms with Gasteiger partial charge >= 0.3 is 62.4 Å². The Hall–Kier alpha value is -9.24. The number of carbonyl (C=O) groups excluding carboxylic acids is 5. The topological polar surface area (TPSA) is 333 Å². The molecule has 0 saturated heterocycles. The van der Waals surface area contributed by atoms with Crippen LogP contribution in [0, 0.1) is 21.2 Å². The summed E-state index contributed by atoms with van der Waals surface area (Å²) in [6.07, 6.45) is -9.81. The van der Waals surface area contributed by atoms with Gasteiger partial charge in [-0.05, 0) is 183 Å². The van der Waals surface area contributed by atoms with Crippen molar-refractivity contribution in [1.82, 2.24) is 39.1 Å². The zero-order valence-electron chi connectivity index (χ0n) is 65.2. The standard InChI is InChI=1S/C30H25ClF4N4O4.C26H21ClF4N2O4.C18H15ClF3IN2O2.C8H8BFO4.Li.H2O/c1-38-14-16(13-36-38)15-43-18-6-8-20-24(12-18)39(37-26(20)19-7-5-17(28(41)42)11-23(19)32)27(40)25-21(3-2-4-22(25)31)29(9-10-29)30(33,34)35;1-37-24(36)13-5-7-15(19(28)11-13)22-16-8-6-14(34)12-20(16)33(32-22)23(35)21-17(3-2-4-18(21)27)25(9-10-25)26(29,30)31;19-12-3-1-2-11(17(6-7-17)18(20,21)22)14(12)16(27)25-13-8-9(26)4-5-10(13)15(23)24-25;1-14-8(11)5-2-3-6(9(12)13)7(10)4-5;;/h2-5,7,11,13-14,18H,6,8-10,12,15H2,1H3,(H,41,42);2-5,7,11,14,34H,6,8-10,12H2,1H3;1-3,9,26H,4-8H2;2-4,12-13H,1H3;;1H2/q;;;;+1;/p-1. The fourth-order valence-electron chi connectivity index (χ4n) is 15.6. The van der Waals surface area contributed by atoms with Crippen molar-refractivity contribution in [3.8, 4) is 22.5 Å². The van der Waals surface area contributed by atoms with E-state index in [4.69, 9.17) is 49.6 Å². The molecule has 0 amide bonds. The Kier molecular flexibility index (Phi) is 28.2. The predicted octanol–water partition coefficient (Wildman–Crippen LogP) is 11.8. The van der Waals surface area contributed by atoms with Crippen LogP contribution in [0.2, 0.25) is 15.1 Å². The first-order valence-corrected chi connectivity index (χ1v) is 39.6. The number of halogens is 16. The zero-order chi connectivity index (χ0) is 87.7. The monoisotopic (exact) mass is 1880 g/mol. The number of aromatic carboxylic acids is 1. The fourth-order valence-corrected chi connectivity index (χ4v) is 17.1. The van der Waals surface area contributed by atoms with Gasteiger partial charge in [-0.2, -0.15) is 74.0 Å². The molecule has 123 heavy (non-hydrogen) atoms. The van der Waals surface area contributed by atoms with Gasteiger partial charge in [0.15, 0.2) is 0 Å². The molecule has 6 aliphatic carbocycles. The molecule has 6 aromatic carbocycles. The second kappa shape index (κ2) is 36.8. The molecular weight excluding hydrogens is 1820 g/mol. The van der Waals surface area contributed by atoms with Gasteiger partial charge < -0.3 is 45.1 Å². The molecule has 6 N–H and O–H groups in total. The SMILES string of the molecule is COC(=O)c1ccc(-c2nn(C(=O)c3c(Cl)cccc3C3(C(F)(F)F)CC3)c3c2CCC(O)C3)c(F)c1.COC(=O)c1ccc(B(O)O)c(F)c1.Cn1cc(COC2CCc3c(-c4ccc(C(=O)O)cc4F)nn(C(=O)c4c(Cl)cccc4C4(C(F)(F)F)CC4)c3C2)cn1.O=C(c1c(Cl)cccc1C1(C(F)(F)F)CC1)n1nc(I)c2c1CC(O)CC2.[Li+].[OH-]. The summed E-state index contributed by atoms with van der Waals surface area (Å²) >= 11 is 20.9. The number of hydrogen-bond donors (Lipinski definition) is 5. The van der Waals surface area contributed by atoms with E-state index in [0.29, 0.717) is 58.3 Å². The van der Waals surface area contributed by atoms with E-state index >= 15 is 8.78 Å². The Bertz CT molecular complexity index is 5790. The van der Waals surface area contributed by atoms with Crippen molar-refractivity contribution in [2.24, 2.45) is 7.05 Å². The summed E-state index contributed by atoms with van der Waals surface area (Å²) < 4.78 is 189. The van der Waals surface area contributed by atoms with E-state index < -0.39 is 107 Å². The van der Waals surface area contributed by atoms with Gasteiger partial charge in [-0.1, -0.05) is 77.3 Å². The Morgan fingerprint density at radius 3 is 1.28 bits per heavy atom. The summed E-state index contributed by atoms with van der Waals surface area (Å²) in [6.45, 7) is 0.247. The maximum absolute atomic E-state index is 15.2. The second-order valence-corrected chi connectivity index (χ2v) is 32.2. The molecule has 16 rings (SSSR count). The normalized spacial score (nSPS) is 17.3. The molecule has 644 valence electrons. The summed E-state index contributed by atoms with van der Waals surface area (Å²) in [5.41, 5.74) is -4.17. The number of aliphatic hydroxyl groups excluding tert-OH is 2. The number of esters is 2. The first-order valence-electron chi connectivity index (χ1n) is 37.4. The minimum absolute atomic E-state index is 0. The third kappa shape index (κ3) is 18.6. The summed E-state index contributed by atoms with van der Waals surface area (Å²) in [4.78, 5) is 75.3. The minimum Gasteiger partial charge on any atom is -0.870 e. The molecule has 4 aromatic heterocycles. The van der Waals surface area contributed by atoms with E-state index in [1.54, 1.807) is 24.1 Å². The first kappa shape index (κ1) is 94.4. The number of fused-ring (bicyclic) bond motifs is 3. The van der Waals surface area contributed by atoms with E-state index in [9.17, 15) is 88.0 Å². The average molecular weight is 1890 g/mol. The molecule has 0 radical (unpaired) electrons. The van der Waals surface area contributed by atoms with Crippen molar-refractivity contribution in [2.75, 3.05) is 14.2 Å². The van der Waals surface area contributed by atoms with Crippen LogP contribution in [-0.4, -0.2) is 164 Å². The van der Waals surface area contributed by atoms with Crippen LogP contribution >= 0.6 is 57.4 Å². The van der Waals surface area contributed by atoms with Gasteiger partial charge in [-0.25, -0.2) is 27.6 Å². The Labute approximate surface area is 732 Å². The minimum atomic E-state index is -4.60. The molecule has 6 aliphatic rings. The number of carboxylic acid groups (broad SMARTS) is 1. The molecule has 41 heteroatoms. The van der Waals surface area contributed by atoms with Crippen molar-refractivity contribution >= 4 is 106 Å². The van der Waals surface area contributed by atoms with Gasteiger partial charge in [0.05, 0.1) is 138 Å². The Balaban J connectivity index is 0.000000168. The molecule has 10 aromatic rings. The quantitative estimate of drug-likeness (QED) is 0.0275. The number of nitrogens with zero attached hydrogens (tertiary/aromatic N) is 8. The summed E-state index contributed by atoms with van der Waals surface area (Å²) in [5.74, 6) is -7.67. The molecule has 3 saturated carbocycles. The van der Waals surface area contributed by atoms with Crippen LogP contribution in [-0.2, 0) is 82.6 Å². The summed E-state index contributed by atoms with van der Waals surface area (Å²) in [7, 11) is 2.23. The Morgan fingerprint density at radius 1 is 0.537 bits per heavy atom. The van der Waals surface area contributed by atoms with E-state index in [0.717, 1.165) is 56.5 Å². The van der Waals surface area contributed by atoms with Crippen molar-refractivity contribution in [3.63, 3.8) is 0 Å². The number of aryl methyl sites for hydroxylation is 1. The van der Waals surface area contributed by atoms with Gasteiger partial charge in [-0.15, -0.1) is 0 Å². The molecule has 3 fully saturated rings. The average Bonchev–Trinajstić information content (AvgIpc) is 1.57. The molecule has 0 spiro atoms. The first-order chi connectivity index (χ1) is 57.1. The van der Waals surface area contributed by atoms with Crippen LogP contribution in [0.4, 0.5) is 52.7 Å². The molecular formula is C82H70BCl3F12ILiN8O15. The largest absolute Gasteiger partial charge is 1.00 e. The second-order valence-electron chi connectivity index (χ2n) is 29.9. The molecule has 4 heterocycles. The fraction of sp³-hybridized carbons (Fsp3) is 0.341. The van der Waals surface area contributed by atoms with E-state index in [-0.39, 0.29) is 200 Å². The number of rotatable bonds is 15. The third-order valence-corrected chi connectivity index (χ3v) is 24.2. The van der Waals surface area contributed by atoms with E-state index in [1.165, 1.54) is 92.0 Å². The van der Waals surface area contributed by atoms with Gasteiger partial charge in [0.2, 0.25) is 0 Å². The maximum atomic E-state index is 15.2. The number of methoxy groups -OCH3 is 2. The number of ether oxygens (including phenoxy) is 3. The van der Waals surface area contributed by atoms with Gasteiger partial charge in [0, 0.05) is 71.4 Å². The van der Waals surface area contributed by atoms with Crippen LogP contribution in [0.1, 0.15) is 176 Å². The summed E-state index contributed by atoms with van der Waals surface area (Å²) in [6, 6.07) is 22.4. The van der Waals surface area contributed by atoms with Gasteiger partial charge in [-0.3, -0.25) is 19.1 Å². The Morgan fingerprint density at radius 2 is 0.911 bits per heavy atom. The number of aliphatic hydroxyl groups is 2. The van der Waals surface area contributed by atoms with Crippen LogP contribution in [0.15, 0.2) is 122 Å².